The summed E-state index contributed by atoms with van der Waals surface area (Å²) in [6.45, 7) is 1.79. The van der Waals surface area contributed by atoms with Gasteiger partial charge in [0.25, 0.3) is 0 Å². The fraction of sp³-hybridized carbons (Fsp3) is 0.200. The van der Waals surface area contributed by atoms with E-state index in [2.05, 4.69) is 27.3 Å². The Hall–Kier alpha value is -0.800. The molecule has 0 saturated heterocycles. The summed E-state index contributed by atoms with van der Waals surface area (Å²) in [5.41, 5.74) is 2.31. The van der Waals surface area contributed by atoms with Crippen LogP contribution in [0.15, 0.2) is 27.1 Å². The van der Waals surface area contributed by atoms with Gasteiger partial charge in [-0.05, 0) is 18.2 Å². The summed E-state index contributed by atoms with van der Waals surface area (Å²) in [5.74, 6) is 1.09. The maximum atomic E-state index is 5.68. The van der Waals surface area contributed by atoms with Crippen LogP contribution in [0.25, 0.3) is 11.0 Å². The van der Waals surface area contributed by atoms with Crippen LogP contribution in [0.2, 0.25) is 0 Å². The third-order valence-electron chi connectivity index (χ3n) is 2.42. The van der Waals surface area contributed by atoms with Gasteiger partial charge in [0.05, 0.1) is 6.54 Å². The predicted octanol–water partition coefficient (Wildman–Crippen LogP) is 2.80. The molecule has 1 N–H and O–H groups in total. The van der Waals surface area contributed by atoms with E-state index < -0.39 is 0 Å². The third kappa shape index (κ3) is 1.04. The molecule has 1 aliphatic rings. The lowest BCUT2D eigenvalue weighted by atomic mass is 10.1. The van der Waals surface area contributed by atoms with Gasteiger partial charge < -0.3 is 9.73 Å². The molecule has 2 nitrogen and oxygen atoms in total. The molecule has 1 aliphatic heterocycles. The van der Waals surface area contributed by atoms with Crippen molar-refractivity contribution in [2.75, 3.05) is 0 Å². The zero-order valence-electron chi connectivity index (χ0n) is 6.93. The number of furan rings is 1. The van der Waals surface area contributed by atoms with Gasteiger partial charge >= 0.3 is 0 Å². The average molecular weight is 238 g/mol. The molecule has 0 bridgehead atoms. The molecule has 66 valence electrons. The van der Waals surface area contributed by atoms with Crippen molar-refractivity contribution in [3.63, 3.8) is 0 Å². The summed E-state index contributed by atoms with van der Waals surface area (Å²) < 4.78 is 6.79. The van der Waals surface area contributed by atoms with Crippen LogP contribution < -0.4 is 5.32 Å². The standard InChI is InChI=1S/C10H8BrNO/c11-6-1-2-9-7(3-6)8-4-12-5-10(8)13-9/h1-3,12H,4-5H2. The molecule has 0 fully saturated rings. The highest BCUT2D eigenvalue weighted by Crippen LogP contribution is 2.30. The molecule has 2 heterocycles. The summed E-state index contributed by atoms with van der Waals surface area (Å²) in [7, 11) is 0. The number of nitrogens with one attached hydrogen (secondary N) is 1. The highest BCUT2D eigenvalue weighted by Gasteiger charge is 2.18. The van der Waals surface area contributed by atoms with E-state index in [-0.39, 0.29) is 0 Å². The summed E-state index contributed by atoms with van der Waals surface area (Å²) in [4.78, 5) is 0. The van der Waals surface area contributed by atoms with Gasteiger partial charge in [-0.1, -0.05) is 15.9 Å². The van der Waals surface area contributed by atoms with Gasteiger partial charge in [0, 0.05) is 22.0 Å². The molecule has 0 saturated carbocycles. The number of hydrogen-bond acceptors (Lipinski definition) is 2. The van der Waals surface area contributed by atoms with Crippen molar-refractivity contribution in [3.8, 4) is 0 Å². The lowest BCUT2D eigenvalue weighted by molar-refractivity contribution is 0.544. The van der Waals surface area contributed by atoms with Crippen LogP contribution in [-0.2, 0) is 13.1 Å². The highest BCUT2D eigenvalue weighted by molar-refractivity contribution is 9.10. The van der Waals surface area contributed by atoms with Crippen LogP contribution in [0.3, 0.4) is 0 Å². The van der Waals surface area contributed by atoms with E-state index >= 15 is 0 Å². The maximum Gasteiger partial charge on any atom is 0.134 e. The van der Waals surface area contributed by atoms with Gasteiger partial charge in [-0.25, -0.2) is 0 Å². The van der Waals surface area contributed by atoms with Gasteiger partial charge in [0.15, 0.2) is 0 Å². The number of benzene rings is 1. The van der Waals surface area contributed by atoms with E-state index in [0.717, 1.165) is 28.9 Å². The lowest BCUT2D eigenvalue weighted by Crippen LogP contribution is -2.00. The molecule has 13 heavy (non-hydrogen) atoms. The first-order chi connectivity index (χ1) is 6.34. The Balaban J connectivity index is 2.40. The summed E-state index contributed by atoms with van der Waals surface area (Å²) in [5, 5.41) is 4.50. The van der Waals surface area contributed by atoms with Gasteiger partial charge in [-0.3, -0.25) is 0 Å². The van der Waals surface area contributed by atoms with E-state index in [1.807, 2.05) is 12.1 Å². The molecule has 0 amide bonds. The molecule has 3 rings (SSSR count). The van der Waals surface area contributed by atoms with Crippen LogP contribution in [-0.4, -0.2) is 0 Å². The maximum absolute atomic E-state index is 5.68. The zero-order valence-corrected chi connectivity index (χ0v) is 8.52. The van der Waals surface area contributed by atoms with Crippen molar-refractivity contribution in [2.24, 2.45) is 0 Å². The number of rotatable bonds is 0. The first-order valence-electron chi connectivity index (χ1n) is 4.25. The van der Waals surface area contributed by atoms with E-state index in [9.17, 15) is 0 Å². The van der Waals surface area contributed by atoms with Crippen molar-refractivity contribution in [3.05, 3.63) is 34.0 Å². The minimum atomic E-state index is 0.863. The van der Waals surface area contributed by atoms with Crippen LogP contribution in [0.4, 0.5) is 0 Å². The van der Waals surface area contributed by atoms with Crippen molar-refractivity contribution in [1.82, 2.24) is 5.32 Å². The SMILES string of the molecule is Brc1ccc2oc3c(c2c1)CNC3. The van der Waals surface area contributed by atoms with Gasteiger partial charge in [-0.2, -0.15) is 0 Å². The molecule has 1 aromatic carbocycles. The minimum Gasteiger partial charge on any atom is -0.459 e. The van der Waals surface area contributed by atoms with E-state index in [0.29, 0.717) is 0 Å². The Kier molecular flexibility index (Phi) is 1.51. The second kappa shape index (κ2) is 2.59. The second-order valence-corrected chi connectivity index (χ2v) is 4.16. The van der Waals surface area contributed by atoms with Gasteiger partial charge in [-0.15, -0.1) is 0 Å². The van der Waals surface area contributed by atoms with Crippen LogP contribution in [0, 0.1) is 0 Å². The lowest BCUT2D eigenvalue weighted by Gasteiger charge is -1.93. The minimum absolute atomic E-state index is 0.863. The van der Waals surface area contributed by atoms with E-state index in [4.69, 9.17) is 4.42 Å². The molecular formula is C10H8BrNO. The molecule has 0 unspecified atom stereocenters. The third-order valence-corrected chi connectivity index (χ3v) is 2.92. The summed E-state index contributed by atoms with van der Waals surface area (Å²) in [6, 6.07) is 6.14. The molecular weight excluding hydrogens is 230 g/mol. The largest absolute Gasteiger partial charge is 0.459 e. The van der Waals surface area contributed by atoms with E-state index in [1.54, 1.807) is 0 Å². The van der Waals surface area contributed by atoms with Crippen LogP contribution in [0.1, 0.15) is 11.3 Å². The Morgan fingerprint density at radius 3 is 3.15 bits per heavy atom. The van der Waals surface area contributed by atoms with Gasteiger partial charge in [0.2, 0.25) is 0 Å². The predicted molar refractivity (Wildman–Crippen MR) is 54.5 cm³/mol. The monoisotopic (exact) mass is 237 g/mol. The Bertz CT molecular complexity index is 475. The second-order valence-electron chi connectivity index (χ2n) is 3.25. The zero-order chi connectivity index (χ0) is 8.84. The Labute approximate surface area is 84.0 Å². The molecule has 3 heteroatoms. The normalized spacial score (nSPS) is 15.2. The number of hydrogen-bond donors (Lipinski definition) is 1. The number of halogens is 1. The average Bonchev–Trinajstić information content (AvgIpc) is 2.64. The van der Waals surface area contributed by atoms with Crippen molar-refractivity contribution >= 4 is 26.9 Å². The van der Waals surface area contributed by atoms with Crippen LogP contribution >= 0.6 is 15.9 Å². The van der Waals surface area contributed by atoms with Crippen molar-refractivity contribution < 1.29 is 4.42 Å². The summed E-state index contributed by atoms with van der Waals surface area (Å²) >= 11 is 3.46. The Morgan fingerprint density at radius 1 is 1.31 bits per heavy atom. The van der Waals surface area contributed by atoms with Crippen LogP contribution in [0.5, 0.6) is 0 Å². The highest BCUT2D eigenvalue weighted by atomic mass is 79.9. The van der Waals surface area contributed by atoms with E-state index in [1.165, 1.54) is 10.9 Å². The summed E-state index contributed by atoms with van der Waals surface area (Å²) in [6.07, 6.45) is 0. The quantitative estimate of drug-likeness (QED) is 0.763. The van der Waals surface area contributed by atoms with Crippen molar-refractivity contribution in [1.29, 1.82) is 0 Å². The molecule has 0 spiro atoms. The first kappa shape index (κ1) is 7.59. The van der Waals surface area contributed by atoms with Crippen molar-refractivity contribution in [2.45, 2.75) is 13.1 Å². The number of fused-ring (bicyclic) bond motifs is 3. The molecule has 1 aromatic heterocycles. The first-order valence-corrected chi connectivity index (χ1v) is 5.04. The Morgan fingerprint density at radius 2 is 2.23 bits per heavy atom. The fourth-order valence-electron chi connectivity index (χ4n) is 1.81. The smallest absolute Gasteiger partial charge is 0.134 e. The molecule has 0 aliphatic carbocycles. The molecule has 0 radical (unpaired) electrons. The fourth-order valence-corrected chi connectivity index (χ4v) is 2.17. The molecule has 2 aromatic rings. The topological polar surface area (TPSA) is 25.2 Å². The van der Waals surface area contributed by atoms with Gasteiger partial charge in [0.1, 0.15) is 11.3 Å². The molecule has 0 atom stereocenters.